The fourth-order valence-electron chi connectivity index (χ4n) is 2.67. The van der Waals surface area contributed by atoms with Crippen molar-refractivity contribution in [1.82, 2.24) is 0 Å². The normalized spacial score (nSPS) is 17.6. The lowest BCUT2D eigenvalue weighted by Gasteiger charge is -2.09. The highest BCUT2D eigenvalue weighted by molar-refractivity contribution is 5.94. The van der Waals surface area contributed by atoms with E-state index in [1.807, 2.05) is 24.3 Å². The Balaban J connectivity index is 0.00000288. The van der Waals surface area contributed by atoms with Gasteiger partial charge in [-0.1, -0.05) is 24.6 Å². The quantitative estimate of drug-likeness (QED) is 0.821. The van der Waals surface area contributed by atoms with Gasteiger partial charge in [0.05, 0.1) is 31.7 Å². The van der Waals surface area contributed by atoms with E-state index in [-0.39, 0.29) is 24.4 Å². The molecule has 6 heteroatoms. The number of halogens is 1. The third-order valence-corrected chi connectivity index (χ3v) is 3.94. The van der Waals surface area contributed by atoms with E-state index in [0.717, 1.165) is 43.5 Å². The van der Waals surface area contributed by atoms with E-state index in [9.17, 15) is 4.79 Å². The zero-order valence-corrected chi connectivity index (χ0v) is 15.0. The minimum atomic E-state index is -0.375. The molecule has 0 aliphatic carbocycles. The maximum absolute atomic E-state index is 11.9. The molecule has 1 aliphatic heterocycles. The summed E-state index contributed by atoms with van der Waals surface area (Å²) in [6, 6.07) is 5.60. The molecule has 0 bridgehead atoms. The molecule has 1 atom stereocenters. The molecular weight excluding hydrogens is 328 g/mol. The molecule has 1 aromatic rings. The molecular formula is C18H25ClN2O3. The number of esters is 1. The molecule has 2 rings (SSSR count). The number of nitrogens with zero attached hydrogens (tertiary/aromatic N) is 1. The van der Waals surface area contributed by atoms with Crippen molar-refractivity contribution in [3.8, 4) is 5.75 Å². The van der Waals surface area contributed by atoms with Crippen LogP contribution in [0, 0.1) is 0 Å². The molecule has 0 aromatic heterocycles. The van der Waals surface area contributed by atoms with Crippen molar-refractivity contribution in [2.45, 2.75) is 38.1 Å². The van der Waals surface area contributed by atoms with Gasteiger partial charge in [0, 0.05) is 6.42 Å². The minimum absolute atomic E-state index is 0. The van der Waals surface area contributed by atoms with Gasteiger partial charge < -0.3 is 15.2 Å². The van der Waals surface area contributed by atoms with Crippen LogP contribution in [0.3, 0.4) is 0 Å². The average Bonchev–Trinajstić information content (AvgIpc) is 2.78. The van der Waals surface area contributed by atoms with Crippen molar-refractivity contribution in [3.05, 3.63) is 35.4 Å². The van der Waals surface area contributed by atoms with Gasteiger partial charge in [-0.25, -0.2) is 4.79 Å². The second-order valence-corrected chi connectivity index (χ2v) is 5.60. The van der Waals surface area contributed by atoms with Crippen LogP contribution in [0.2, 0.25) is 0 Å². The molecule has 132 valence electrons. The molecule has 0 saturated carbocycles. The molecule has 0 radical (unpaired) electrons. The van der Waals surface area contributed by atoms with Crippen molar-refractivity contribution in [3.63, 3.8) is 0 Å². The summed E-state index contributed by atoms with van der Waals surface area (Å²) in [7, 11) is 2.94. The predicted molar refractivity (Wildman–Crippen MR) is 99.1 cm³/mol. The Morgan fingerprint density at radius 1 is 1.38 bits per heavy atom. The van der Waals surface area contributed by atoms with Crippen molar-refractivity contribution in [2.24, 2.45) is 10.7 Å². The molecule has 0 fully saturated rings. The molecule has 1 heterocycles. The summed E-state index contributed by atoms with van der Waals surface area (Å²) in [4.78, 5) is 16.4. The van der Waals surface area contributed by atoms with Gasteiger partial charge in [0.15, 0.2) is 0 Å². The van der Waals surface area contributed by atoms with Crippen molar-refractivity contribution in [1.29, 1.82) is 0 Å². The first-order valence-corrected chi connectivity index (χ1v) is 7.89. The number of hydrogen-bond donors (Lipinski definition) is 1. The van der Waals surface area contributed by atoms with E-state index >= 15 is 0 Å². The SMILES string of the molecule is COC(=O)c1cc(OC)ccc1C=CCC1CCCCC(N)=N1.Cl. The Morgan fingerprint density at radius 2 is 2.17 bits per heavy atom. The van der Waals surface area contributed by atoms with Crippen molar-refractivity contribution < 1.29 is 14.3 Å². The van der Waals surface area contributed by atoms with Crippen LogP contribution in [0.5, 0.6) is 5.75 Å². The fourth-order valence-corrected chi connectivity index (χ4v) is 2.67. The van der Waals surface area contributed by atoms with E-state index in [0.29, 0.717) is 11.3 Å². The van der Waals surface area contributed by atoms with Gasteiger partial charge in [0.25, 0.3) is 0 Å². The third-order valence-electron chi connectivity index (χ3n) is 3.94. The standard InChI is InChI=1S/C18H24N2O3.ClH/c1-22-15-11-10-13(16(12-15)18(21)23-2)6-5-8-14-7-3-4-9-17(19)20-14;/h5-6,10-12,14H,3-4,7-9H2,1-2H3,(H2,19,20);1H. The molecule has 24 heavy (non-hydrogen) atoms. The summed E-state index contributed by atoms with van der Waals surface area (Å²) in [6.45, 7) is 0. The smallest absolute Gasteiger partial charge is 0.338 e. The molecule has 5 nitrogen and oxygen atoms in total. The number of nitrogens with two attached hydrogens (primary N) is 1. The minimum Gasteiger partial charge on any atom is -0.497 e. The Morgan fingerprint density at radius 3 is 2.88 bits per heavy atom. The van der Waals surface area contributed by atoms with Crippen LogP contribution < -0.4 is 10.5 Å². The molecule has 0 spiro atoms. The second-order valence-electron chi connectivity index (χ2n) is 5.60. The van der Waals surface area contributed by atoms with Gasteiger partial charge in [-0.2, -0.15) is 0 Å². The van der Waals surface area contributed by atoms with Crippen LogP contribution in [0.1, 0.15) is 48.0 Å². The summed E-state index contributed by atoms with van der Waals surface area (Å²) in [5, 5.41) is 0. The summed E-state index contributed by atoms with van der Waals surface area (Å²) >= 11 is 0. The molecule has 1 unspecified atom stereocenters. The van der Waals surface area contributed by atoms with Crippen LogP contribution in [-0.2, 0) is 4.74 Å². The summed E-state index contributed by atoms with van der Waals surface area (Å²) in [5.74, 6) is 1.00. The number of amidine groups is 1. The number of ether oxygens (including phenoxy) is 2. The Bertz CT molecular complexity index is 614. The zero-order valence-electron chi connectivity index (χ0n) is 14.2. The highest BCUT2D eigenvalue weighted by Crippen LogP contribution is 2.21. The molecule has 0 saturated heterocycles. The summed E-state index contributed by atoms with van der Waals surface area (Å²) in [6.07, 6.45) is 9.00. The van der Waals surface area contributed by atoms with E-state index < -0.39 is 0 Å². The zero-order chi connectivity index (χ0) is 16.7. The van der Waals surface area contributed by atoms with Gasteiger partial charge in [-0.05, 0) is 37.0 Å². The third kappa shape index (κ3) is 5.57. The Labute approximate surface area is 149 Å². The maximum Gasteiger partial charge on any atom is 0.338 e. The predicted octanol–water partition coefficient (Wildman–Crippen LogP) is 3.61. The van der Waals surface area contributed by atoms with Crippen LogP contribution in [0.4, 0.5) is 0 Å². The number of carbonyl (C=O) groups is 1. The number of benzene rings is 1. The molecule has 2 N–H and O–H groups in total. The van der Waals surface area contributed by atoms with E-state index in [4.69, 9.17) is 15.2 Å². The Kier molecular flexibility index (Phi) is 8.33. The van der Waals surface area contributed by atoms with Crippen molar-refractivity contribution in [2.75, 3.05) is 14.2 Å². The number of aliphatic imine (C=N–C) groups is 1. The van der Waals surface area contributed by atoms with E-state index in [2.05, 4.69) is 4.99 Å². The number of hydrogen-bond acceptors (Lipinski definition) is 5. The lowest BCUT2D eigenvalue weighted by atomic mass is 10.0. The molecule has 1 aromatic carbocycles. The van der Waals surface area contributed by atoms with Gasteiger partial charge in [-0.3, -0.25) is 4.99 Å². The first-order chi connectivity index (χ1) is 11.1. The lowest BCUT2D eigenvalue weighted by molar-refractivity contribution is 0.0600. The highest BCUT2D eigenvalue weighted by atomic mass is 35.5. The number of methoxy groups -OCH3 is 2. The summed E-state index contributed by atoms with van der Waals surface area (Å²) < 4.78 is 10.0. The van der Waals surface area contributed by atoms with Crippen LogP contribution in [-0.4, -0.2) is 32.1 Å². The summed E-state index contributed by atoms with van der Waals surface area (Å²) in [5.41, 5.74) is 7.17. The van der Waals surface area contributed by atoms with Crippen LogP contribution >= 0.6 is 12.4 Å². The number of rotatable bonds is 5. The van der Waals surface area contributed by atoms with Gasteiger partial charge in [0.2, 0.25) is 0 Å². The first kappa shape index (κ1) is 20.0. The Hall–Kier alpha value is -2.01. The maximum atomic E-state index is 11.9. The highest BCUT2D eigenvalue weighted by Gasteiger charge is 2.13. The van der Waals surface area contributed by atoms with Gasteiger partial charge >= 0.3 is 5.97 Å². The van der Waals surface area contributed by atoms with Gasteiger partial charge in [-0.15, -0.1) is 12.4 Å². The second kappa shape index (κ2) is 9.98. The molecule has 0 amide bonds. The van der Waals surface area contributed by atoms with E-state index in [1.165, 1.54) is 7.11 Å². The molecule has 1 aliphatic rings. The van der Waals surface area contributed by atoms with Crippen LogP contribution in [0.15, 0.2) is 29.3 Å². The van der Waals surface area contributed by atoms with E-state index in [1.54, 1.807) is 13.2 Å². The number of carbonyl (C=O) groups excluding carboxylic acids is 1. The fraction of sp³-hybridized carbons (Fsp3) is 0.444. The lowest BCUT2D eigenvalue weighted by Crippen LogP contribution is -2.13. The topological polar surface area (TPSA) is 73.9 Å². The van der Waals surface area contributed by atoms with Crippen molar-refractivity contribution >= 4 is 30.3 Å². The van der Waals surface area contributed by atoms with Crippen LogP contribution in [0.25, 0.3) is 6.08 Å². The average molecular weight is 353 g/mol. The first-order valence-electron chi connectivity index (χ1n) is 7.89. The monoisotopic (exact) mass is 352 g/mol. The largest absolute Gasteiger partial charge is 0.497 e. The van der Waals surface area contributed by atoms with Gasteiger partial charge in [0.1, 0.15) is 5.75 Å².